The number of aromatic nitrogens is 4. The molecule has 1 aromatic carbocycles. The standard InChI is InChI=1S/C13H11ClN4O2S2/c1-19-6-5-10-15-13(22-18-10)21-12-17-16-11(20-12)8-3-2-4-9(14)7-8/h2-4,7H,5-6H2,1H3. The van der Waals surface area contributed by atoms with E-state index in [2.05, 4.69) is 19.6 Å². The van der Waals surface area contributed by atoms with Crippen LogP contribution >= 0.6 is 34.9 Å². The number of rotatable bonds is 6. The molecule has 2 heterocycles. The Balaban J connectivity index is 1.70. The summed E-state index contributed by atoms with van der Waals surface area (Å²) in [6.45, 7) is 0.598. The van der Waals surface area contributed by atoms with Crippen LogP contribution in [0.25, 0.3) is 11.5 Å². The molecule has 6 nitrogen and oxygen atoms in total. The molecule has 114 valence electrons. The first-order valence-corrected chi connectivity index (χ1v) is 8.30. The van der Waals surface area contributed by atoms with E-state index in [1.54, 1.807) is 19.2 Å². The summed E-state index contributed by atoms with van der Waals surface area (Å²) in [6.07, 6.45) is 0.686. The molecule has 0 aliphatic carbocycles. The Kier molecular flexibility index (Phi) is 5.04. The highest BCUT2D eigenvalue weighted by atomic mass is 35.5. The SMILES string of the molecule is COCCc1nsc(Sc2nnc(-c3cccc(Cl)c3)o2)n1. The molecular weight excluding hydrogens is 344 g/mol. The monoisotopic (exact) mass is 354 g/mol. The molecule has 0 aliphatic heterocycles. The molecule has 0 radical (unpaired) electrons. The highest BCUT2D eigenvalue weighted by Crippen LogP contribution is 2.30. The van der Waals surface area contributed by atoms with Crippen LogP contribution < -0.4 is 0 Å². The van der Waals surface area contributed by atoms with Crippen LogP contribution in [0.4, 0.5) is 0 Å². The van der Waals surface area contributed by atoms with Crippen molar-refractivity contribution < 1.29 is 9.15 Å². The summed E-state index contributed by atoms with van der Waals surface area (Å²) in [5.41, 5.74) is 0.782. The summed E-state index contributed by atoms with van der Waals surface area (Å²) in [4.78, 5) is 4.38. The third kappa shape index (κ3) is 3.83. The molecule has 0 atom stereocenters. The van der Waals surface area contributed by atoms with Gasteiger partial charge in [0, 0.05) is 35.9 Å². The largest absolute Gasteiger partial charge is 0.411 e. The number of methoxy groups -OCH3 is 1. The minimum Gasteiger partial charge on any atom is -0.411 e. The third-order valence-corrected chi connectivity index (χ3v) is 4.50. The summed E-state index contributed by atoms with van der Waals surface area (Å²) in [6, 6.07) is 7.26. The van der Waals surface area contributed by atoms with Crippen LogP contribution in [-0.4, -0.2) is 33.3 Å². The number of ether oxygens (including phenoxy) is 1. The molecule has 0 spiro atoms. The Hall–Kier alpha value is -1.48. The summed E-state index contributed by atoms with van der Waals surface area (Å²) in [5, 5.41) is 9.07. The van der Waals surface area contributed by atoms with E-state index in [1.807, 2.05) is 12.1 Å². The first-order valence-electron chi connectivity index (χ1n) is 6.33. The predicted molar refractivity (Wildman–Crippen MR) is 84.4 cm³/mol. The zero-order valence-corrected chi connectivity index (χ0v) is 13.9. The molecule has 9 heteroatoms. The van der Waals surface area contributed by atoms with E-state index in [0.29, 0.717) is 29.2 Å². The molecule has 3 aromatic rings. The second kappa shape index (κ2) is 7.19. The van der Waals surface area contributed by atoms with Crippen LogP contribution in [0.1, 0.15) is 5.82 Å². The molecule has 0 saturated heterocycles. The van der Waals surface area contributed by atoms with Crippen LogP contribution in [-0.2, 0) is 11.2 Å². The number of hydrogen-bond acceptors (Lipinski definition) is 8. The van der Waals surface area contributed by atoms with E-state index in [1.165, 1.54) is 23.3 Å². The van der Waals surface area contributed by atoms with Gasteiger partial charge < -0.3 is 9.15 Å². The van der Waals surface area contributed by atoms with Crippen LogP contribution in [0, 0.1) is 0 Å². The molecule has 2 aromatic heterocycles. The quantitative estimate of drug-likeness (QED) is 0.669. The molecule has 0 saturated carbocycles. The smallest absolute Gasteiger partial charge is 0.284 e. The normalized spacial score (nSPS) is 11.0. The van der Waals surface area contributed by atoms with Crippen molar-refractivity contribution in [2.24, 2.45) is 0 Å². The fourth-order valence-electron chi connectivity index (χ4n) is 1.64. The zero-order valence-electron chi connectivity index (χ0n) is 11.5. The second-order valence-electron chi connectivity index (χ2n) is 4.20. The molecule has 22 heavy (non-hydrogen) atoms. The van der Waals surface area contributed by atoms with E-state index in [-0.39, 0.29) is 0 Å². The average molecular weight is 355 g/mol. The summed E-state index contributed by atoms with van der Waals surface area (Å²) in [7, 11) is 1.65. The molecule has 0 N–H and O–H groups in total. The lowest BCUT2D eigenvalue weighted by molar-refractivity contribution is 0.200. The maximum Gasteiger partial charge on any atom is 0.284 e. The fraction of sp³-hybridized carbons (Fsp3) is 0.231. The predicted octanol–water partition coefficient (Wildman–Crippen LogP) is 3.58. The van der Waals surface area contributed by atoms with Crippen molar-refractivity contribution in [2.75, 3.05) is 13.7 Å². The van der Waals surface area contributed by atoms with Gasteiger partial charge in [-0.2, -0.15) is 4.37 Å². The molecule has 0 fully saturated rings. The lowest BCUT2D eigenvalue weighted by Crippen LogP contribution is -1.95. The van der Waals surface area contributed by atoms with Gasteiger partial charge in [0.2, 0.25) is 5.89 Å². The lowest BCUT2D eigenvalue weighted by atomic mass is 10.2. The van der Waals surface area contributed by atoms with Gasteiger partial charge in [-0.1, -0.05) is 17.7 Å². The Morgan fingerprint density at radius 2 is 2.27 bits per heavy atom. The van der Waals surface area contributed by atoms with E-state index >= 15 is 0 Å². The van der Waals surface area contributed by atoms with Gasteiger partial charge in [0.1, 0.15) is 5.82 Å². The Labute approximate surface area is 140 Å². The summed E-state index contributed by atoms with van der Waals surface area (Å²) in [5.74, 6) is 1.18. The van der Waals surface area contributed by atoms with Gasteiger partial charge in [-0.15, -0.1) is 10.2 Å². The number of nitrogens with zero attached hydrogens (tertiary/aromatic N) is 4. The second-order valence-corrected chi connectivity index (χ2v) is 6.59. The van der Waals surface area contributed by atoms with Gasteiger partial charge in [-0.25, -0.2) is 4.98 Å². The molecule has 0 unspecified atom stereocenters. The maximum absolute atomic E-state index is 5.95. The van der Waals surface area contributed by atoms with Crippen LogP contribution in [0.3, 0.4) is 0 Å². The van der Waals surface area contributed by atoms with Crippen molar-refractivity contribution in [3.63, 3.8) is 0 Å². The van der Waals surface area contributed by atoms with Crippen molar-refractivity contribution in [1.29, 1.82) is 0 Å². The van der Waals surface area contributed by atoms with Crippen molar-refractivity contribution in [3.8, 4) is 11.5 Å². The minimum atomic E-state index is 0.421. The number of halogens is 1. The van der Waals surface area contributed by atoms with Crippen molar-refractivity contribution in [1.82, 2.24) is 19.6 Å². The minimum absolute atomic E-state index is 0.421. The Morgan fingerprint density at radius 1 is 1.36 bits per heavy atom. The van der Waals surface area contributed by atoms with Gasteiger partial charge in [0.15, 0.2) is 4.34 Å². The van der Waals surface area contributed by atoms with Crippen molar-refractivity contribution >= 4 is 34.9 Å². The molecule has 3 rings (SSSR count). The lowest BCUT2D eigenvalue weighted by Gasteiger charge is -1.94. The molecule has 0 aliphatic rings. The maximum atomic E-state index is 5.95. The first-order chi connectivity index (χ1) is 10.7. The number of hydrogen-bond donors (Lipinski definition) is 0. The first kappa shape index (κ1) is 15.4. The van der Waals surface area contributed by atoms with Gasteiger partial charge in [0.05, 0.1) is 6.61 Å². The summed E-state index contributed by atoms with van der Waals surface area (Å²) < 4.78 is 15.6. The van der Waals surface area contributed by atoms with E-state index in [4.69, 9.17) is 20.8 Å². The van der Waals surface area contributed by atoms with Crippen molar-refractivity contribution in [3.05, 3.63) is 35.1 Å². The third-order valence-electron chi connectivity index (χ3n) is 2.63. The Morgan fingerprint density at radius 3 is 3.09 bits per heavy atom. The average Bonchev–Trinajstić information content (AvgIpc) is 3.15. The van der Waals surface area contributed by atoms with Crippen LogP contribution in [0.15, 0.2) is 38.2 Å². The van der Waals surface area contributed by atoms with Crippen LogP contribution in [0.2, 0.25) is 5.02 Å². The van der Waals surface area contributed by atoms with Gasteiger partial charge in [0.25, 0.3) is 5.22 Å². The van der Waals surface area contributed by atoms with Gasteiger partial charge >= 0.3 is 0 Å². The molecule has 0 amide bonds. The highest BCUT2D eigenvalue weighted by Gasteiger charge is 2.13. The zero-order chi connectivity index (χ0) is 15.4. The summed E-state index contributed by atoms with van der Waals surface area (Å²) >= 11 is 8.55. The van der Waals surface area contributed by atoms with E-state index in [0.717, 1.165) is 15.7 Å². The number of benzene rings is 1. The Bertz CT molecular complexity index is 762. The van der Waals surface area contributed by atoms with Crippen LogP contribution in [0.5, 0.6) is 0 Å². The topological polar surface area (TPSA) is 73.9 Å². The van der Waals surface area contributed by atoms with E-state index < -0.39 is 0 Å². The fourth-order valence-corrected chi connectivity index (χ4v) is 3.27. The van der Waals surface area contributed by atoms with Gasteiger partial charge in [-0.3, -0.25) is 0 Å². The van der Waals surface area contributed by atoms with Crippen molar-refractivity contribution in [2.45, 2.75) is 16.0 Å². The van der Waals surface area contributed by atoms with Gasteiger partial charge in [-0.05, 0) is 29.7 Å². The molecular formula is C13H11ClN4O2S2. The molecule has 0 bridgehead atoms. The van der Waals surface area contributed by atoms with E-state index in [9.17, 15) is 0 Å². The highest BCUT2D eigenvalue weighted by molar-refractivity contribution is 8.00.